The molecule has 0 bridgehead atoms. The minimum absolute atomic E-state index is 0.0222. The summed E-state index contributed by atoms with van der Waals surface area (Å²) in [6.07, 6.45) is 0. The van der Waals surface area contributed by atoms with Crippen molar-refractivity contribution in [3.8, 4) is 23.1 Å². The molecule has 0 fully saturated rings. The summed E-state index contributed by atoms with van der Waals surface area (Å²) in [5.41, 5.74) is 7.30. The van der Waals surface area contributed by atoms with Gasteiger partial charge in [-0.2, -0.15) is 5.10 Å². The van der Waals surface area contributed by atoms with Gasteiger partial charge in [-0.15, -0.1) is 0 Å². The number of phenols is 2. The van der Waals surface area contributed by atoms with Crippen LogP contribution in [0.1, 0.15) is 34.0 Å². The van der Waals surface area contributed by atoms with E-state index < -0.39 is 11.7 Å². The number of rotatable bonds is 4. The first-order valence-corrected chi connectivity index (χ1v) is 10.0. The first kappa shape index (κ1) is 21.0. The van der Waals surface area contributed by atoms with E-state index in [1.807, 2.05) is 50.2 Å². The molecule has 4 rings (SSSR count). The van der Waals surface area contributed by atoms with Crippen molar-refractivity contribution in [2.75, 3.05) is 0 Å². The molecule has 0 unspecified atom stereocenters. The maximum Gasteiger partial charge on any atom is 0.271 e. The van der Waals surface area contributed by atoms with Crippen LogP contribution in [0, 0.1) is 13.8 Å². The topological polar surface area (TPSA) is 107 Å². The van der Waals surface area contributed by atoms with Crippen LogP contribution in [0.15, 0.2) is 65.8 Å². The van der Waals surface area contributed by atoms with Crippen molar-refractivity contribution in [3.05, 3.63) is 82.9 Å². The van der Waals surface area contributed by atoms with E-state index >= 15 is 0 Å². The van der Waals surface area contributed by atoms with Crippen molar-refractivity contribution in [3.63, 3.8) is 0 Å². The Labute approximate surface area is 184 Å². The van der Waals surface area contributed by atoms with Gasteiger partial charge in [0.1, 0.15) is 0 Å². The number of aromatic nitrogens is 1. The Hall–Kier alpha value is -4.26. The quantitative estimate of drug-likeness (QED) is 0.217. The second-order valence-electron chi connectivity index (χ2n) is 7.74. The zero-order chi connectivity index (χ0) is 23.0. The van der Waals surface area contributed by atoms with E-state index in [2.05, 4.69) is 16.6 Å². The Kier molecular flexibility index (Phi) is 5.32. The number of nitrogens with one attached hydrogen (secondary N) is 1. The van der Waals surface area contributed by atoms with Gasteiger partial charge in [0, 0.05) is 16.6 Å². The molecule has 32 heavy (non-hydrogen) atoms. The third-order valence-electron chi connectivity index (χ3n) is 5.24. The molecule has 4 aromatic rings. The number of para-hydroxylation sites is 1. The zero-order valence-corrected chi connectivity index (χ0v) is 17.9. The lowest BCUT2D eigenvalue weighted by molar-refractivity contribution is 0.0954. The highest BCUT2D eigenvalue weighted by molar-refractivity contribution is 6.13. The SMILES string of the molecule is CC(=NNC(=O)c1ccc(O)c(O)c1)c1c(O)n(-c2cc(C)cc(C)c2)c2ccccc12. The number of nitrogens with zero attached hydrogens (tertiary/aromatic N) is 2. The second-order valence-corrected chi connectivity index (χ2v) is 7.74. The lowest BCUT2D eigenvalue weighted by Crippen LogP contribution is -2.19. The molecule has 0 saturated heterocycles. The van der Waals surface area contributed by atoms with Crippen LogP contribution in [-0.2, 0) is 0 Å². The summed E-state index contributed by atoms with van der Waals surface area (Å²) < 4.78 is 1.77. The standard InChI is InChI=1S/C25H23N3O4/c1-14-10-15(2)12-18(11-14)28-20-7-5-4-6-19(20)23(25(28)32)16(3)26-27-24(31)17-8-9-21(29)22(30)13-17/h4-13,29-30,32H,1-3H3,(H,27,31). The molecule has 4 N–H and O–H groups in total. The van der Waals surface area contributed by atoms with Crippen LogP contribution < -0.4 is 5.43 Å². The van der Waals surface area contributed by atoms with Crippen molar-refractivity contribution in [1.82, 2.24) is 9.99 Å². The highest BCUT2D eigenvalue weighted by atomic mass is 16.3. The molecule has 0 atom stereocenters. The van der Waals surface area contributed by atoms with Gasteiger partial charge in [-0.25, -0.2) is 5.43 Å². The fourth-order valence-corrected chi connectivity index (χ4v) is 3.84. The largest absolute Gasteiger partial charge is 0.504 e. The van der Waals surface area contributed by atoms with E-state index in [0.717, 1.165) is 33.8 Å². The van der Waals surface area contributed by atoms with Gasteiger partial charge in [0.05, 0.1) is 16.8 Å². The number of phenolic OH excluding ortho intramolecular Hbond substituents is 2. The average Bonchev–Trinajstić information content (AvgIpc) is 3.04. The van der Waals surface area contributed by atoms with Crippen LogP contribution in [0.4, 0.5) is 0 Å². The molecule has 3 aromatic carbocycles. The number of amides is 1. The van der Waals surface area contributed by atoms with Gasteiger partial charge in [0.15, 0.2) is 11.5 Å². The normalized spacial score (nSPS) is 11.7. The van der Waals surface area contributed by atoms with E-state index in [4.69, 9.17) is 0 Å². The molecular formula is C25H23N3O4. The number of carbonyl (C=O) groups excluding carboxylic acids is 1. The Morgan fingerprint density at radius 1 is 0.906 bits per heavy atom. The minimum atomic E-state index is -0.558. The molecule has 1 heterocycles. The van der Waals surface area contributed by atoms with E-state index in [-0.39, 0.29) is 17.2 Å². The second kappa shape index (κ2) is 8.11. The smallest absolute Gasteiger partial charge is 0.271 e. The third-order valence-corrected chi connectivity index (χ3v) is 5.24. The van der Waals surface area contributed by atoms with Crippen molar-refractivity contribution in [1.29, 1.82) is 0 Å². The van der Waals surface area contributed by atoms with Crippen molar-refractivity contribution in [2.45, 2.75) is 20.8 Å². The lowest BCUT2D eigenvalue weighted by atomic mass is 10.1. The van der Waals surface area contributed by atoms with Gasteiger partial charge in [-0.3, -0.25) is 9.36 Å². The molecule has 1 aromatic heterocycles. The molecule has 0 aliphatic carbocycles. The molecule has 0 spiro atoms. The molecule has 0 saturated carbocycles. The summed E-state index contributed by atoms with van der Waals surface area (Å²) in [4.78, 5) is 12.4. The van der Waals surface area contributed by atoms with Gasteiger partial charge >= 0.3 is 0 Å². The van der Waals surface area contributed by atoms with Crippen molar-refractivity contribution < 1.29 is 20.1 Å². The van der Waals surface area contributed by atoms with Crippen LogP contribution >= 0.6 is 0 Å². The molecular weight excluding hydrogens is 406 g/mol. The molecule has 7 heteroatoms. The Morgan fingerprint density at radius 2 is 1.59 bits per heavy atom. The monoisotopic (exact) mass is 429 g/mol. The maximum absolute atomic E-state index is 12.4. The summed E-state index contributed by atoms with van der Waals surface area (Å²) in [7, 11) is 0. The van der Waals surface area contributed by atoms with Crippen LogP contribution in [0.5, 0.6) is 17.4 Å². The number of aryl methyl sites for hydroxylation is 2. The molecule has 0 aliphatic rings. The van der Waals surface area contributed by atoms with Gasteiger partial charge in [0.25, 0.3) is 5.91 Å². The van der Waals surface area contributed by atoms with Gasteiger partial charge in [-0.05, 0) is 68.3 Å². The van der Waals surface area contributed by atoms with Crippen LogP contribution in [0.2, 0.25) is 0 Å². The van der Waals surface area contributed by atoms with Crippen molar-refractivity contribution >= 4 is 22.5 Å². The van der Waals surface area contributed by atoms with Crippen molar-refractivity contribution in [2.24, 2.45) is 5.10 Å². The summed E-state index contributed by atoms with van der Waals surface area (Å²) in [6.45, 7) is 5.70. The predicted molar refractivity (Wildman–Crippen MR) is 124 cm³/mol. The Bertz CT molecular complexity index is 1370. The Morgan fingerprint density at radius 3 is 2.28 bits per heavy atom. The number of benzene rings is 3. The minimum Gasteiger partial charge on any atom is -0.504 e. The van der Waals surface area contributed by atoms with Crippen LogP contribution in [0.3, 0.4) is 0 Å². The number of fused-ring (bicyclic) bond motifs is 1. The number of carbonyl (C=O) groups is 1. The molecule has 162 valence electrons. The lowest BCUT2D eigenvalue weighted by Gasteiger charge is -2.10. The summed E-state index contributed by atoms with van der Waals surface area (Å²) in [5, 5.41) is 35.2. The van der Waals surface area contributed by atoms with E-state index in [0.29, 0.717) is 11.3 Å². The molecule has 0 radical (unpaired) electrons. The Balaban J connectivity index is 1.76. The average molecular weight is 429 g/mol. The highest BCUT2D eigenvalue weighted by Crippen LogP contribution is 2.35. The van der Waals surface area contributed by atoms with Crippen LogP contribution in [0.25, 0.3) is 16.6 Å². The van der Waals surface area contributed by atoms with Crippen LogP contribution in [-0.4, -0.2) is 31.5 Å². The molecule has 0 aliphatic heterocycles. The number of hydrazone groups is 1. The summed E-state index contributed by atoms with van der Waals surface area (Å²) in [6, 6.07) is 17.4. The first-order chi connectivity index (χ1) is 15.3. The number of aromatic hydroxyl groups is 3. The van der Waals surface area contributed by atoms with Gasteiger partial charge in [0.2, 0.25) is 5.88 Å². The first-order valence-electron chi connectivity index (χ1n) is 10.0. The number of hydrogen-bond acceptors (Lipinski definition) is 5. The predicted octanol–water partition coefficient (Wildman–Crippen LogP) is 4.52. The summed E-state index contributed by atoms with van der Waals surface area (Å²) >= 11 is 0. The molecule has 7 nitrogen and oxygen atoms in total. The van der Waals surface area contributed by atoms with E-state index in [1.165, 1.54) is 12.1 Å². The highest BCUT2D eigenvalue weighted by Gasteiger charge is 2.20. The third kappa shape index (κ3) is 3.76. The fourth-order valence-electron chi connectivity index (χ4n) is 3.84. The van der Waals surface area contributed by atoms with E-state index in [9.17, 15) is 20.1 Å². The van der Waals surface area contributed by atoms with Gasteiger partial charge in [-0.1, -0.05) is 24.3 Å². The molecule has 1 amide bonds. The summed E-state index contributed by atoms with van der Waals surface area (Å²) in [5.74, 6) is -1.25. The van der Waals surface area contributed by atoms with E-state index in [1.54, 1.807) is 11.5 Å². The zero-order valence-electron chi connectivity index (χ0n) is 17.9. The fraction of sp³-hybridized carbons (Fsp3) is 0.120. The number of hydrogen-bond donors (Lipinski definition) is 4. The van der Waals surface area contributed by atoms with Gasteiger partial charge < -0.3 is 15.3 Å². The maximum atomic E-state index is 12.4.